The molecule has 0 saturated carbocycles. The predicted molar refractivity (Wildman–Crippen MR) is 140 cm³/mol. The van der Waals surface area contributed by atoms with Crippen LogP contribution in [0.2, 0.25) is 10.0 Å². The van der Waals surface area contributed by atoms with Crippen molar-refractivity contribution in [3.63, 3.8) is 0 Å². The van der Waals surface area contributed by atoms with Crippen LogP contribution in [0, 0.1) is 12.3 Å². The fourth-order valence-electron chi connectivity index (χ4n) is 4.47. The molecular formula is C27H22Cl2N2O2S. The first-order valence-corrected chi connectivity index (χ1v) is 12.6. The van der Waals surface area contributed by atoms with Crippen LogP contribution in [0.1, 0.15) is 41.9 Å². The van der Waals surface area contributed by atoms with E-state index in [9.17, 15) is 9.59 Å². The minimum atomic E-state index is -0.251. The molecule has 0 amide bonds. The van der Waals surface area contributed by atoms with Crippen LogP contribution in [0.25, 0.3) is 27.5 Å². The third-order valence-corrected chi connectivity index (χ3v) is 7.55. The summed E-state index contributed by atoms with van der Waals surface area (Å²) in [6.07, 6.45) is 1.02. The Hall–Kier alpha value is -2.73. The van der Waals surface area contributed by atoms with Gasteiger partial charge in [-0.3, -0.25) is 14.2 Å². The van der Waals surface area contributed by atoms with Gasteiger partial charge in [-0.05, 0) is 54.7 Å². The van der Waals surface area contributed by atoms with Crippen LogP contribution in [-0.4, -0.2) is 15.3 Å². The number of pyridine rings is 1. The van der Waals surface area contributed by atoms with E-state index in [1.54, 1.807) is 16.7 Å². The average Bonchev–Trinajstić information content (AvgIpc) is 3.25. The monoisotopic (exact) mass is 508 g/mol. The van der Waals surface area contributed by atoms with Crippen molar-refractivity contribution in [2.75, 3.05) is 0 Å². The molecule has 0 N–H and O–H groups in total. The molecule has 2 aromatic heterocycles. The van der Waals surface area contributed by atoms with E-state index in [0.29, 0.717) is 50.4 Å². The van der Waals surface area contributed by atoms with Crippen molar-refractivity contribution in [1.82, 2.24) is 9.55 Å². The lowest BCUT2D eigenvalue weighted by molar-refractivity contribution is 0.0909. The van der Waals surface area contributed by atoms with Crippen LogP contribution in [0.3, 0.4) is 0 Å². The van der Waals surface area contributed by atoms with Crippen LogP contribution < -0.4 is 5.56 Å². The third kappa shape index (κ3) is 4.13. The number of nitrogens with zero attached hydrogens (tertiary/aromatic N) is 2. The number of aryl methyl sites for hydroxylation is 1. The maximum absolute atomic E-state index is 14.0. The smallest absolute Gasteiger partial charge is 0.265 e. The molecule has 4 aromatic rings. The highest BCUT2D eigenvalue weighted by molar-refractivity contribution is 7.13. The lowest BCUT2D eigenvalue weighted by Gasteiger charge is -2.32. The number of thiazole rings is 1. The van der Waals surface area contributed by atoms with Crippen LogP contribution in [-0.2, 0) is 6.42 Å². The molecule has 0 spiro atoms. The molecule has 2 heterocycles. The molecule has 1 aliphatic carbocycles. The van der Waals surface area contributed by atoms with Crippen LogP contribution >= 0.6 is 34.5 Å². The largest absolute Gasteiger partial charge is 0.294 e. The van der Waals surface area contributed by atoms with Gasteiger partial charge in [-0.1, -0.05) is 55.2 Å². The van der Waals surface area contributed by atoms with E-state index in [2.05, 4.69) is 0 Å². The second kappa shape index (κ2) is 8.49. The van der Waals surface area contributed by atoms with Gasteiger partial charge in [-0.2, -0.15) is 0 Å². The van der Waals surface area contributed by atoms with Gasteiger partial charge in [0.05, 0.1) is 22.0 Å². The van der Waals surface area contributed by atoms with Gasteiger partial charge < -0.3 is 0 Å². The Balaban J connectivity index is 1.75. The van der Waals surface area contributed by atoms with Crippen LogP contribution in [0.5, 0.6) is 0 Å². The SMILES string of the molecule is Cc1ccc(Cl)c(-n2c3c(cc(-c4nc(-c5ccc(Cl)cc5)cs4)c2=O)C(=O)CC(C)(C)C3)c1. The van der Waals surface area contributed by atoms with Gasteiger partial charge in [0.15, 0.2) is 5.78 Å². The Bertz CT molecular complexity index is 1500. The van der Waals surface area contributed by atoms with Crippen molar-refractivity contribution in [3.05, 3.63) is 91.1 Å². The maximum atomic E-state index is 14.0. The van der Waals surface area contributed by atoms with Crippen LogP contribution in [0.15, 0.2) is 58.7 Å². The van der Waals surface area contributed by atoms with Gasteiger partial charge in [0.1, 0.15) is 5.01 Å². The summed E-state index contributed by atoms with van der Waals surface area (Å²) in [7, 11) is 0. The number of hydrogen-bond donors (Lipinski definition) is 0. The highest BCUT2D eigenvalue weighted by Gasteiger charge is 2.35. The Kier molecular flexibility index (Phi) is 5.75. The number of carbonyl (C=O) groups is 1. The number of hydrogen-bond acceptors (Lipinski definition) is 4. The molecule has 1 aliphatic rings. The fourth-order valence-corrected chi connectivity index (χ4v) is 5.63. The number of halogens is 2. The summed E-state index contributed by atoms with van der Waals surface area (Å²) in [5.41, 5.74) is 4.41. The molecule has 2 aromatic carbocycles. The first-order valence-electron chi connectivity index (χ1n) is 10.9. The number of fused-ring (bicyclic) bond motifs is 1. The highest BCUT2D eigenvalue weighted by atomic mass is 35.5. The van der Waals surface area contributed by atoms with Gasteiger partial charge in [0.2, 0.25) is 0 Å². The summed E-state index contributed by atoms with van der Waals surface area (Å²) in [6, 6.07) is 14.7. The number of ketones is 1. The summed E-state index contributed by atoms with van der Waals surface area (Å²) in [5.74, 6) is 0.0273. The fraction of sp³-hybridized carbons (Fsp3) is 0.222. The molecule has 0 saturated heterocycles. The quantitative estimate of drug-likeness (QED) is 0.289. The van der Waals surface area contributed by atoms with E-state index >= 15 is 0 Å². The zero-order chi connectivity index (χ0) is 24.2. The van der Waals surface area contributed by atoms with Gasteiger partial charge in [0.25, 0.3) is 5.56 Å². The first kappa shape index (κ1) is 23.0. The summed E-state index contributed by atoms with van der Waals surface area (Å²) in [5, 5.41) is 3.58. The molecule has 0 unspecified atom stereocenters. The summed E-state index contributed by atoms with van der Waals surface area (Å²) in [6.45, 7) is 6.05. The topological polar surface area (TPSA) is 52.0 Å². The Morgan fingerprint density at radius 1 is 0.971 bits per heavy atom. The molecule has 7 heteroatoms. The minimum Gasteiger partial charge on any atom is -0.294 e. The summed E-state index contributed by atoms with van der Waals surface area (Å²) >= 11 is 14.0. The second-order valence-corrected chi connectivity index (χ2v) is 11.2. The maximum Gasteiger partial charge on any atom is 0.265 e. The van der Waals surface area contributed by atoms with Crippen molar-refractivity contribution in [2.45, 2.75) is 33.6 Å². The standard InChI is InChI=1S/C27H22Cl2N2O2S/c1-15-4-9-20(29)22(10-15)31-23-12-27(2,3)13-24(32)18(23)11-19(26(31)33)25-30-21(14-34-25)16-5-7-17(28)8-6-16/h4-11,14H,12-13H2,1-3H3. The second-order valence-electron chi connectivity index (χ2n) is 9.50. The summed E-state index contributed by atoms with van der Waals surface area (Å²) in [4.78, 5) is 31.9. The first-order chi connectivity index (χ1) is 16.1. The average molecular weight is 509 g/mol. The van der Waals surface area contributed by atoms with Crippen molar-refractivity contribution in [1.29, 1.82) is 0 Å². The number of aromatic nitrogens is 2. The number of Topliss-reactive ketones (excluding diaryl/α,β-unsaturated/α-hetero) is 1. The lowest BCUT2D eigenvalue weighted by atomic mass is 9.75. The predicted octanol–water partition coefficient (Wildman–Crippen LogP) is 7.40. The van der Waals surface area contributed by atoms with E-state index in [-0.39, 0.29) is 16.8 Å². The molecule has 172 valence electrons. The normalized spacial score (nSPS) is 14.8. The Morgan fingerprint density at radius 3 is 2.44 bits per heavy atom. The molecule has 4 nitrogen and oxygen atoms in total. The number of carbonyl (C=O) groups excluding carboxylic acids is 1. The third-order valence-electron chi connectivity index (χ3n) is 6.11. The van der Waals surface area contributed by atoms with Crippen LogP contribution in [0.4, 0.5) is 0 Å². The highest BCUT2D eigenvalue weighted by Crippen LogP contribution is 2.38. The minimum absolute atomic E-state index is 0.0273. The van der Waals surface area contributed by atoms with E-state index in [4.69, 9.17) is 28.2 Å². The van der Waals surface area contributed by atoms with Crippen molar-refractivity contribution < 1.29 is 4.79 Å². The van der Waals surface area contributed by atoms with Gasteiger partial charge in [-0.25, -0.2) is 4.98 Å². The van der Waals surface area contributed by atoms with Crippen molar-refractivity contribution >= 4 is 40.3 Å². The Labute approximate surface area is 211 Å². The van der Waals surface area contributed by atoms with Gasteiger partial charge >= 0.3 is 0 Å². The van der Waals surface area contributed by atoms with Gasteiger partial charge in [-0.15, -0.1) is 11.3 Å². The zero-order valence-electron chi connectivity index (χ0n) is 19.0. The molecule has 34 heavy (non-hydrogen) atoms. The molecule has 0 atom stereocenters. The molecule has 0 radical (unpaired) electrons. The molecule has 0 aliphatic heterocycles. The van der Waals surface area contributed by atoms with E-state index in [1.807, 2.05) is 62.5 Å². The zero-order valence-corrected chi connectivity index (χ0v) is 21.3. The Morgan fingerprint density at radius 2 is 1.71 bits per heavy atom. The number of rotatable bonds is 3. The van der Waals surface area contributed by atoms with E-state index < -0.39 is 0 Å². The van der Waals surface area contributed by atoms with E-state index in [1.165, 1.54) is 11.3 Å². The van der Waals surface area contributed by atoms with Crippen molar-refractivity contribution in [3.8, 4) is 27.5 Å². The van der Waals surface area contributed by atoms with Gasteiger partial charge in [0, 0.05) is 33.6 Å². The number of benzene rings is 2. The van der Waals surface area contributed by atoms with Crippen molar-refractivity contribution in [2.24, 2.45) is 5.41 Å². The molecule has 5 rings (SSSR count). The molecule has 0 bridgehead atoms. The lowest BCUT2D eigenvalue weighted by Crippen LogP contribution is -2.35. The molecular weight excluding hydrogens is 487 g/mol. The van der Waals surface area contributed by atoms with E-state index in [0.717, 1.165) is 16.8 Å². The molecule has 0 fully saturated rings. The summed E-state index contributed by atoms with van der Waals surface area (Å²) < 4.78 is 1.63.